The molecule has 0 aliphatic carbocycles. The quantitative estimate of drug-likeness (QED) is 0.760. The molecule has 1 N–H and O–H groups in total. The lowest BCUT2D eigenvalue weighted by atomic mass is 10.3. The molecule has 0 saturated carbocycles. The van der Waals surface area contributed by atoms with Crippen LogP contribution in [0.3, 0.4) is 0 Å². The summed E-state index contributed by atoms with van der Waals surface area (Å²) in [6, 6.07) is 10.1. The minimum atomic E-state index is -3.46. The van der Waals surface area contributed by atoms with E-state index >= 15 is 0 Å². The van der Waals surface area contributed by atoms with E-state index in [4.69, 9.17) is 16.3 Å². The summed E-state index contributed by atoms with van der Waals surface area (Å²) in [4.78, 5) is 0. The molecule has 1 heterocycles. The summed E-state index contributed by atoms with van der Waals surface area (Å²) in [5.74, 6) is 0.646. The SMILES string of the molecule is O=S(=O)(NCCOc1ccc(Cl)cc1)c1ccc(Br)s1. The Hall–Kier alpha value is -0.600. The zero-order valence-corrected chi connectivity index (χ0v) is 14.2. The smallest absolute Gasteiger partial charge is 0.250 e. The maximum atomic E-state index is 11.9. The Kier molecular flexibility index (Phi) is 5.45. The first-order chi connectivity index (χ1) is 9.47. The average Bonchev–Trinajstić information content (AvgIpc) is 2.84. The van der Waals surface area contributed by atoms with Gasteiger partial charge in [-0.2, -0.15) is 0 Å². The summed E-state index contributed by atoms with van der Waals surface area (Å²) in [6.07, 6.45) is 0. The Bertz CT molecular complexity index is 670. The molecule has 0 aliphatic rings. The molecule has 0 fully saturated rings. The van der Waals surface area contributed by atoms with E-state index in [0.29, 0.717) is 10.8 Å². The van der Waals surface area contributed by atoms with E-state index in [1.54, 1.807) is 36.4 Å². The van der Waals surface area contributed by atoms with Gasteiger partial charge in [0.15, 0.2) is 0 Å². The van der Waals surface area contributed by atoms with Crippen LogP contribution in [0, 0.1) is 0 Å². The van der Waals surface area contributed by atoms with Crippen LogP contribution >= 0.6 is 38.9 Å². The van der Waals surface area contributed by atoms with E-state index in [0.717, 1.165) is 15.1 Å². The summed E-state index contributed by atoms with van der Waals surface area (Å²) < 4.78 is 32.7. The molecule has 1 aromatic carbocycles. The first-order valence-electron chi connectivity index (χ1n) is 5.61. The minimum Gasteiger partial charge on any atom is -0.492 e. The van der Waals surface area contributed by atoms with E-state index in [9.17, 15) is 8.42 Å². The molecule has 2 rings (SSSR count). The highest BCUT2D eigenvalue weighted by atomic mass is 79.9. The van der Waals surface area contributed by atoms with Crippen LogP contribution in [0.1, 0.15) is 0 Å². The zero-order valence-electron chi connectivity index (χ0n) is 10.2. The van der Waals surface area contributed by atoms with Crippen molar-refractivity contribution in [2.24, 2.45) is 0 Å². The molecule has 2 aromatic rings. The first kappa shape index (κ1) is 15.8. The summed E-state index contributed by atoms with van der Waals surface area (Å²) in [5, 5.41) is 0.626. The Morgan fingerprint density at radius 3 is 2.50 bits per heavy atom. The lowest BCUT2D eigenvalue weighted by Crippen LogP contribution is -2.27. The number of thiophene rings is 1. The van der Waals surface area contributed by atoms with E-state index in [-0.39, 0.29) is 17.4 Å². The van der Waals surface area contributed by atoms with E-state index < -0.39 is 10.0 Å². The number of sulfonamides is 1. The number of halogens is 2. The van der Waals surface area contributed by atoms with Crippen molar-refractivity contribution in [3.8, 4) is 5.75 Å². The number of hydrogen-bond acceptors (Lipinski definition) is 4. The van der Waals surface area contributed by atoms with Gasteiger partial charge >= 0.3 is 0 Å². The fourth-order valence-electron chi connectivity index (χ4n) is 1.39. The van der Waals surface area contributed by atoms with Crippen molar-refractivity contribution in [2.75, 3.05) is 13.2 Å². The van der Waals surface area contributed by atoms with Gasteiger partial charge in [-0.15, -0.1) is 11.3 Å². The van der Waals surface area contributed by atoms with Crippen LogP contribution in [0.4, 0.5) is 0 Å². The lowest BCUT2D eigenvalue weighted by molar-refractivity contribution is 0.323. The standard InChI is InChI=1S/C12H11BrClNO3S2/c13-11-5-6-12(19-11)20(16,17)15-7-8-18-10-3-1-9(14)2-4-10/h1-6,15H,7-8H2. The molecule has 0 bridgehead atoms. The topological polar surface area (TPSA) is 55.4 Å². The molecule has 0 aliphatic heterocycles. The fourth-order valence-corrected chi connectivity index (χ4v) is 4.58. The lowest BCUT2D eigenvalue weighted by Gasteiger charge is -2.07. The Labute approximate surface area is 134 Å². The third-order valence-electron chi connectivity index (χ3n) is 2.29. The van der Waals surface area contributed by atoms with Crippen LogP contribution in [-0.4, -0.2) is 21.6 Å². The molecule has 0 spiro atoms. The molecule has 108 valence electrons. The number of ether oxygens (including phenoxy) is 1. The van der Waals surface area contributed by atoms with Crippen LogP contribution in [-0.2, 0) is 10.0 Å². The van der Waals surface area contributed by atoms with Gasteiger partial charge < -0.3 is 4.74 Å². The summed E-state index contributed by atoms with van der Waals surface area (Å²) >= 11 is 10.1. The molecule has 0 saturated heterocycles. The summed E-state index contributed by atoms with van der Waals surface area (Å²) in [6.45, 7) is 0.438. The average molecular weight is 397 g/mol. The van der Waals surface area contributed by atoms with Crippen molar-refractivity contribution in [2.45, 2.75) is 4.21 Å². The second kappa shape index (κ2) is 6.91. The van der Waals surface area contributed by atoms with Crippen LogP contribution < -0.4 is 9.46 Å². The number of nitrogens with one attached hydrogen (secondary N) is 1. The third-order valence-corrected chi connectivity index (χ3v) is 6.12. The highest BCUT2D eigenvalue weighted by Gasteiger charge is 2.15. The summed E-state index contributed by atoms with van der Waals surface area (Å²) in [7, 11) is -3.46. The monoisotopic (exact) mass is 395 g/mol. The zero-order chi connectivity index (χ0) is 14.6. The maximum Gasteiger partial charge on any atom is 0.250 e. The first-order valence-corrected chi connectivity index (χ1v) is 9.08. The van der Waals surface area contributed by atoms with Crippen molar-refractivity contribution < 1.29 is 13.2 Å². The Morgan fingerprint density at radius 2 is 1.90 bits per heavy atom. The number of rotatable bonds is 6. The van der Waals surface area contributed by atoms with Crippen molar-refractivity contribution >= 4 is 48.9 Å². The number of benzene rings is 1. The van der Waals surface area contributed by atoms with Gasteiger partial charge in [-0.3, -0.25) is 0 Å². The van der Waals surface area contributed by atoms with E-state index in [1.807, 2.05) is 0 Å². The molecule has 4 nitrogen and oxygen atoms in total. The van der Waals surface area contributed by atoms with Crippen molar-refractivity contribution in [1.29, 1.82) is 0 Å². The van der Waals surface area contributed by atoms with Gasteiger partial charge in [0.25, 0.3) is 0 Å². The van der Waals surface area contributed by atoms with Gasteiger partial charge in [0, 0.05) is 11.6 Å². The highest BCUT2D eigenvalue weighted by Crippen LogP contribution is 2.25. The Morgan fingerprint density at radius 1 is 1.20 bits per heavy atom. The predicted octanol–water partition coefficient (Wildman–Crippen LogP) is 3.52. The molecule has 0 amide bonds. The molecule has 20 heavy (non-hydrogen) atoms. The summed E-state index contributed by atoms with van der Waals surface area (Å²) in [5.41, 5.74) is 0. The van der Waals surface area contributed by atoms with Crippen molar-refractivity contribution in [3.63, 3.8) is 0 Å². The minimum absolute atomic E-state index is 0.195. The predicted molar refractivity (Wildman–Crippen MR) is 84.2 cm³/mol. The third kappa shape index (κ3) is 4.46. The molecule has 0 radical (unpaired) electrons. The van der Waals surface area contributed by atoms with E-state index in [2.05, 4.69) is 20.7 Å². The van der Waals surface area contributed by atoms with E-state index in [1.165, 1.54) is 0 Å². The van der Waals surface area contributed by atoms with Gasteiger partial charge in [0.2, 0.25) is 10.0 Å². The number of hydrogen-bond donors (Lipinski definition) is 1. The molecule has 0 atom stereocenters. The van der Waals surface area contributed by atoms with Crippen LogP contribution in [0.5, 0.6) is 5.75 Å². The van der Waals surface area contributed by atoms with Crippen molar-refractivity contribution in [1.82, 2.24) is 4.72 Å². The molecule has 1 aromatic heterocycles. The normalized spacial score (nSPS) is 11.5. The van der Waals surface area contributed by atoms with Crippen LogP contribution in [0.2, 0.25) is 5.02 Å². The Balaban J connectivity index is 1.82. The molecular formula is C12H11BrClNO3S2. The molecular weight excluding hydrogens is 386 g/mol. The van der Waals surface area contributed by atoms with Gasteiger partial charge in [-0.05, 0) is 52.3 Å². The van der Waals surface area contributed by atoms with Crippen LogP contribution in [0.25, 0.3) is 0 Å². The second-order valence-corrected chi connectivity index (χ2v) is 8.65. The van der Waals surface area contributed by atoms with Crippen LogP contribution in [0.15, 0.2) is 44.4 Å². The van der Waals surface area contributed by atoms with Gasteiger partial charge in [-0.25, -0.2) is 13.1 Å². The fraction of sp³-hybridized carbons (Fsp3) is 0.167. The largest absolute Gasteiger partial charge is 0.492 e. The van der Waals surface area contributed by atoms with Crippen molar-refractivity contribution in [3.05, 3.63) is 45.2 Å². The van der Waals surface area contributed by atoms with Gasteiger partial charge in [0.1, 0.15) is 16.6 Å². The maximum absolute atomic E-state index is 11.9. The van der Waals surface area contributed by atoms with Gasteiger partial charge in [-0.1, -0.05) is 11.6 Å². The molecule has 0 unspecified atom stereocenters. The highest BCUT2D eigenvalue weighted by molar-refractivity contribution is 9.11. The van der Waals surface area contributed by atoms with Gasteiger partial charge in [0.05, 0.1) is 3.79 Å². The molecule has 8 heteroatoms. The second-order valence-electron chi connectivity index (χ2n) is 3.76.